The van der Waals surface area contributed by atoms with E-state index in [1.54, 1.807) is 0 Å². The number of benzene rings is 1. The van der Waals surface area contributed by atoms with Crippen molar-refractivity contribution in [2.24, 2.45) is 0 Å². The molecule has 0 fully saturated rings. The summed E-state index contributed by atoms with van der Waals surface area (Å²) in [5.74, 6) is 0. The Kier molecular flexibility index (Phi) is 1.92. The summed E-state index contributed by atoms with van der Waals surface area (Å²) in [5.41, 5.74) is 2.37. The molecule has 1 aromatic heterocycles. The zero-order valence-corrected chi connectivity index (χ0v) is 9.88. The van der Waals surface area contributed by atoms with Crippen molar-refractivity contribution >= 4 is 22.7 Å². The third-order valence-corrected chi connectivity index (χ3v) is 3.52. The molecule has 0 atom stereocenters. The van der Waals surface area contributed by atoms with Crippen molar-refractivity contribution in [1.29, 1.82) is 0 Å². The van der Waals surface area contributed by atoms with Crippen LogP contribution in [-0.4, -0.2) is 16.4 Å². The average Bonchev–Trinajstić information content (AvgIpc) is 2.46. The molecular weight excluding hydrogens is 220 g/mol. The van der Waals surface area contributed by atoms with E-state index >= 15 is 0 Å². The van der Waals surface area contributed by atoms with Crippen molar-refractivity contribution in [1.82, 2.24) is 9.88 Å². The molecule has 3 heterocycles. The van der Waals surface area contributed by atoms with Gasteiger partial charge in [0, 0.05) is 40.5 Å². The standard InChI is InChI=1S/C16H12N2/c1-2-10-18-11-8-14-13(15(18)5-1)7-6-12-4-3-9-17-16(12)14/h1-10H,11H2. The molecule has 0 amide bonds. The number of fused-ring (bicyclic) bond motifs is 4. The van der Waals surface area contributed by atoms with Crippen LogP contribution in [-0.2, 0) is 0 Å². The predicted molar refractivity (Wildman–Crippen MR) is 73.9 cm³/mol. The van der Waals surface area contributed by atoms with E-state index in [2.05, 4.69) is 58.6 Å². The second-order valence-corrected chi connectivity index (χ2v) is 4.54. The Balaban J connectivity index is 2.20. The highest BCUT2D eigenvalue weighted by atomic mass is 15.1. The van der Waals surface area contributed by atoms with Crippen molar-refractivity contribution in [3.8, 4) is 0 Å². The summed E-state index contributed by atoms with van der Waals surface area (Å²) in [7, 11) is 0. The second-order valence-electron chi connectivity index (χ2n) is 4.54. The summed E-state index contributed by atoms with van der Waals surface area (Å²) >= 11 is 0. The van der Waals surface area contributed by atoms with Crippen LogP contribution in [0.1, 0.15) is 0 Å². The van der Waals surface area contributed by atoms with Gasteiger partial charge in [-0.15, -0.1) is 0 Å². The Morgan fingerprint density at radius 1 is 1.11 bits per heavy atom. The Bertz CT molecular complexity index is 813. The van der Waals surface area contributed by atoms with E-state index in [1.807, 2.05) is 12.3 Å². The molecule has 1 aromatic carbocycles. The van der Waals surface area contributed by atoms with Crippen LogP contribution < -0.4 is 10.4 Å². The van der Waals surface area contributed by atoms with Gasteiger partial charge in [-0.05, 0) is 18.2 Å². The SMILES string of the molecule is C1=CC2=c3ccc4cccnc4c3=CCN2C=C1. The van der Waals surface area contributed by atoms with Crippen LogP contribution in [0.5, 0.6) is 0 Å². The van der Waals surface area contributed by atoms with E-state index in [4.69, 9.17) is 0 Å². The van der Waals surface area contributed by atoms with Gasteiger partial charge in [0.2, 0.25) is 0 Å². The molecule has 4 rings (SSSR count). The highest BCUT2D eigenvalue weighted by molar-refractivity contribution is 5.81. The summed E-state index contributed by atoms with van der Waals surface area (Å²) in [6.45, 7) is 0.916. The molecule has 0 unspecified atom stereocenters. The maximum absolute atomic E-state index is 4.53. The Morgan fingerprint density at radius 2 is 2.11 bits per heavy atom. The van der Waals surface area contributed by atoms with Crippen molar-refractivity contribution in [3.63, 3.8) is 0 Å². The molecule has 0 saturated heterocycles. The van der Waals surface area contributed by atoms with Crippen molar-refractivity contribution in [2.75, 3.05) is 6.54 Å². The highest BCUT2D eigenvalue weighted by Gasteiger charge is 2.12. The van der Waals surface area contributed by atoms with E-state index < -0.39 is 0 Å². The Morgan fingerprint density at radius 3 is 3.11 bits per heavy atom. The van der Waals surface area contributed by atoms with E-state index in [1.165, 1.54) is 21.5 Å². The normalized spacial score (nSPS) is 16.4. The lowest BCUT2D eigenvalue weighted by atomic mass is 10.0. The fraction of sp³-hybridized carbons (Fsp3) is 0.0625. The van der Waals surface area contributed by atoms with Gasteiger partial charge in [0.05, 0.1) is 5.52 Å². The van der Waals surface area contributed by atoms with Gasteiger partial charge in [0.15, 0.2) is 0 Å². The van der Waals surface area contributed by atoms with Crippen LogP contribution in [0.3, 0.4) is 0 Å². The Labute approximate surface area is 105 Å². The molecule has 0 saturated carbocycles. The lowest BCUT2D eigenvalue weighted by Crippen LogP contribution is -2.38. The maximum Gasteiger partial charge on any atom is 0.0778 e. The molecular formula is C16H12N2. The molecule has 0 N–H and O–H groups in total. The van der Waals surface area contributed by atoms with Crippen LogP contribution in [0.4, 0.5) is 0 Å². The zero-order valence-electron chi connectivity index (χ0n) is 9.88. The number of hydrogen-bond donors (Lipinski definition) is 0. The van der Waals surface area contributed by atoms with Gasteiger partial charge in [-0.25, -0.2) is 0 Å². The second kappa shape index (κ2) is 3.57. The minimum atomic E-state index is 0.916. The molecule has 2 aliphatic heterocycles. The molecule has 2 aliphatic rings. The number of nitrogens with zero attached hydrogens (tertiary/aromatic N) is 2. The summed E-state index contributed by atoms with van der Waals surface area (Å²) in [4.78, 5) is 6.79. The fourth-order valence-electron chi connectivity index (χ4n) is 2.67. The smallest absolute Gasteiger partial charge is 0.0778 e. The van der Waals surface area contributed by atoms with E-state index in [9.17, 15) is 0 Å². The first-order valence-electron chi connectivity index (χ1n) is 6.13. The Hall–Kier alpha value is -2.35. The number of hydrogen-bond acceptors (Lipinski definition) is 2. The molecule has 0 bridgehead atoms. The van der Waals surface area contributed by atoms with E-state index in [-0.39, 0.29) is 0 Å². The summed E-state index contributed by atoms with van der Waals surface area (Å²) in [6, 6.07) is 8.45. The van der Waals surface area contributed by atoms with Gasteiger partial charge in [-0.2, -0.15) is 0 Å². The lowest BCUT2D eigenvalue weighted by Gasteiger charge is -2.25. The number of rotatable bonds is 0. The molecule has 18 heavy (non-hydrogen) atoms. The lowest BCUT2D eigenvalue weighted by molar-refractivity contribution is 0.598. The van der Waals surface area contributed by atoms with Gasteiger partial charge in [0.1, 0.15) is 0 Å². The van der Waals surface area contributed by atoms with Gasteiger partial charge >= 0.3 is 0 Å². The highest BCUT2D eigenvalue weighted by Crippen LogP contribution is 2.14. The molecule has 0 spiro atoms. The number of aromatic nitrogens is 1. The molecule has 2 heteroatoms. The topological polar surface area (TPSA) is 16.1 Å². The van der Waals surface area contributed by atoms with Crippen molar-refractivity contribution in [3.05, 3.63) is 65.3 Å². The van der Waals surface area contributed by atoms with Crippen LogP contribution in [0.15, 0.2) is 54.9 Å². The summed E-state index contributed by atoms with van der Waals surface area (Å²) in [5, 5.41) is 3.74. The quantitative estimate of drug-likeness (QED) is 0.684. The van der Waals surface area contributed by atoms with Gasteiger partial charge in [0.25, 0.3) is 0 Å². The number of allylic oxidation sites excluding steroid dienone is 2. The first-order valence-corrected chi connectivity index (χ1v) is 6.13. The third kappa shape index (κ3) is 1.26. The largest absolute Gasteiger partial charge is 0.344 e. The molecule has 2 aromatic rings. The number of pyridine rings is 1. The first kappa shape index (κ1) is 9.66. The van der Waals surface area contributed by atoms with Gasteiger partial charge < -0.3 is 4.90 Å². The predicted octanol–water partition coefficient (Wildman–Crippen LogP) is 1.52. The third-order valence-electron chi connectivity index (χ3n) is 3.52. The van der Waals surface area contributed by atoms with Crippen LogP contribution in [0, 0.1) is 0 Å². The van der Waals surface area contributed by atoms with Gasteiger partial charge in [-0.3, -0.25) is 4.98 Å². The zero-order chi connectivity index (χ0) is 11.9. The van der Waals surface area contributed by atoms with E-state index in [0.29, 0.717) is 0 Å². The molecule has 0 radical (unpaired) electrons. The van der Waals surface area contributed by atoms with Crippen LogP contribution in [0.25, 0.3) is 22.7 Å². The minimum absolute atomic E-state index is 0.916. The van der Waals surface area contributed by atoms with Crippen LogP contribution in [0.2, 0.25) is 0 Å². The van der Waals surface area contributed by atoms with Gasteiger partial charge in [-0.1, -0.05) is 30.4 Å². The van der Waals surface area contributed by atoms with Crippen LogP contribution >= 0.6 is 0 Å². The summed E-state index contributed by atoms with van der Waals surface area (Å²) in [6.07, 6.45) is 12.6. The molecule has 86 valence electrons. The monoisotopic (exact) mass is 232 g/mol. The maximum atomic E-state index is 4.53. The molecule has 2 nitrogen and oxygen atoms in total. The average molecular weight is 232 g/mol. The minimum Gasteiger partial charge on any atom is -0.344 e. The van der Waals surface area contributed by atoms with Crippen molar-refractivity contribution < 1.29 is 0 Å². The van der Waals surface area contributed by atoms with E-state index in [0.717, 1.165) is 12.1 Å². The fourth-order valence-corrected chi connectivity index (χ4v) is 2.67. The summed E-state index contributed by atoms with van der Waals surface area (Å²) < 4.78 is 0. The first-order chi connectivity index (χ1) is 8.93. The molecule has 0 aliphatic carbocycles. The van der Waals surface area contributed by atoms with Crippen molar-refractivity contribution in [2.45, 2.75) is 0 Å².